The smallest absolute Gasteiger partial charge is 0.167 e. The van der Waals surface area contributed by atoms with Gasteiger partial charge in [-0.2, -0.15) is 5.26 Å². The molecule has 1 fully saturated rings. The van der Waals surface area contributed by atoms with E-state index in [1.165, 1.54) is 0 Å². The van der Waals surface area contributed by atoms with Crippen molar-refractivity contribution in [1.82, 2.24) is 0 Å². The molecular weight excluding hydrogens is 106 g/mol. The Morgan fingerprint density at radius 3 is 2.75 bits per heavy atom. The first kappa shape index (κ1) is 5.54. The first-order valence-electron chi connectivity index (χ1n) is 2.52. The molecule has 1 rings (SSSR count). The second-order valence-electron chi connectivity index (χ2n) is 1.56. The van der Waals surface area contributed by atoms with Crippen LogP contribution < -0.4 is 0 Å². The fourth-order valence-electron chi connectivity index (χ4n) is 0.562. The average molecular weight is 113 g/mol. The fraction of sp³-hybridized carbons (Fsp3) is 0.800. The molecule has 0 aromatic rings. The van der Waals surface area contributed by atoms with E-state index in [9.17, 15) is 0 Å². The SMILES string of the molecule is N#C[C@H]1COCCO1. The van der Waals surface area contributed by atoms with Crippen molar-refractivity contribution < 1.29 is 9.47 Å². The molecule has 1 saturated heterocycles. The molecule has 0 amide bonds. The molecule has 0 aromatic heterocycles. The standard InChI is InChI=1S/C5H7NO2/c6-3-5-4-7-1-2-8-5/h5H,1-2,4H2/t5-/m0/s1. The van der Waals surface area contributed by atoms with Crippen LogP contribution in [0.15, 0.2) is 0 Å². The van der Waals surface area contributed by atoms with E-state index >= 15 is 0 Å². The van der Waals surface area contributed by atoms with Gasteiger partial charge in [0, 0.05) is 0 Å². The maximum absolute atomic E-state index is 8.24. The molecule has 0 N–H and O–H groups in total. The minimum atomic E-state index is -0.330. The zero-order valence-corrected chi connectivity index (χ0v) is 4.46. The third-order valence-corrected chi connectivity index (χ3v) is 0.960. The summed E-state index contributed by atoms with van der Waals surface area (Å²) in [6.07, 6.45) is -0.330. The average Bonchev–Trinajstić information content (AvgIpc) is 1.90. The molecule has 1 heterocycles. The largest absolute Gasteiger partial charge is 0.375 e. The lowest BCUT2D eigenvalue weighted by molar-refractivity contribution is -0.0643. The van der Waals surface area contributed by atoms with E-state index in [4.69, 9.17) is 14.7 Å². The molecule has 8 heavy (non-hydrogen) atoms. The summed E-state index contributed by atoms with van der Waals surface area (Å²) < 4.78 is 9.87. The predicted molar refractivity (Wildman–Crippen MR) is 26.2 cm³/mol. The number of ether oxygens (including phenoxy) is 2. The minimum absolute atomic E-state index is 0.330. The maximum Gasteiger partial charge on any atom is 0.167 e. The number of rotatable bonds is 0. The van der Waals surface area contributed by atoms with Crippen LogP contribution in [0.1, 0.15) is 0 Å². The van der Waals surface area contributed by atoms with Gasteiger partial charge in [-0.15, -0.1) is 0 Å². The third-order valence-electron chi connectivity index (χ3n) is 0.960. The van der Waals surface area contributed by atoms with E-state index in [0.717, 1.165) is 0 Å². The lowest BCUT2D eigenvalue weighted by atomic mass is 10.4. The highest BCUT2D eigenvalue weighted by Crippen LogP contribution is 1.97. The monoisotopic (exact) mass is 113 g/mol. The summed E-state index contributed by atoms with van der Waals surface area (Å²) in [6, 6.07) is 1.96. The summed E-state index contributed by atoms with van der Waals surface area (Å²) in [7, 11) is 0. The molecule has 0 aliphatic carbocycles. The third kappa shape index (κ3) is 1.19. The molecule has 0 unspecified atom stereocenters. The van der Waals surface area contributed by atoms with Crippen LogP contribution in [0.3, 0.4) is 0 Å². The highest BCUT2D eigenvalue weighted by Gasteiger charge is 2.11. The molecule has 3 heteroatoms. The fourth-order valence-corrected chi connectivity index (χ4v) is 0.562. The Hall–Kier alpha value is -0.590. The molecule has 0 aromatic carbocycles. The van der Waals surface area contributed by atoms with Gasteiger partial charge in [-0.25, -0.2) is 0 Å². The summed E-state index contributed by atoms with van der Waals surface area (Å²) in [5.41, 5.74) is 0. The maximum atomic E-state index is 8.24. The van der Waals surface area contributed by atoms with Crippen LogP contribution in [0.25, 0.3) is 0 Å². The summed E-state index contributed by atoms with van der Waals surface area (Å²) in [4.78, 5) is 0. The first-order chi connectivity index (χ1) is 3.93. The van der Waals surface area contributed by atoms with Gasteiger partial charge in [-0.05, 0) is 0 Å². The highest BCUT2D eigenvalue weighted by molar-refractivity contribution is 4.84. The van der Waals surface area contributed by atoms with Crippen LogP contribution in [0.2, 0.25) is 0 Å². The van der Waals surface area contributed by atoms with E-state index in [1.807, 2.05) is 6.07 Å². The number of nitriles is 1. The number of nitrogens with zero attached hydrogens (tertiary/aromatic N) is 1. The Labute approximate surface area is 47.8 Å². The quantitative estimate of drug-likeness (QED) is 0.441. The molecular formula is C5H7NO2. The van der Waals surface area contributed by atoms with Crippen LogP contribution in [0, 0.1) is 11.3 Å². The second kappa shape index (κ2) is 2.65. The Kier molecular flexibility index (Phi) is 1.84. The van der Waals surface area contributed by atoms with Crippen molar-refractivity contribution in [2.45, 2.75) is 6.10 Å². The Balaban J connectivity index is 2.25. The molecule has 0 spiro atoms. The molecule has 44 valence electrons. The normalized spacial score (nSPS) is 29.1. The summed E-state index contributed by atoms with van der Waals surface area (Å²) in [6.45, 7) is 1.60. The molecule has 0 radical (unpaired) electrons. The van der Waals surface area contributed by atoms with Crippen LogP contribution in [0.5, 0.6) is 0 Å². The summed E-state index contributed by atoms with van der Waals surface area (Å²) >= 11 is 0. The summed E-state index contributed by atoms with van der Waals surface area (Å²) in [5, 5.41) is 8.24. The number of hydrogen-bond acceptors (Lipinski definition) is 3. The van der Waals surface area contributed by atoms with Gasteiger partial charge in [0.1, 0.15) is 0 Å². The Bertz CT molecular complexity index is 101. The van der Waals surface area contributed by atoms with Crippen LogP contribution in [-0.2, 0) is 9.47 Å². The van der Waals surface area contributed by atoms with Crippen molar-refractivity contribution in [3.05, 3.63) is 0 Å². The van der Waals surface area contributed by atoms with E-state index < -0.39 is 0 Å². The van der Waals surface area contributed by atoms with Crippen molar-refractivity contribution in [2.75, 3.05) is 19.8 Å². The van der Waals surface area contributed by atoms with Crippen molar-refractivity contribution in [1.29, 1.82) is 5.26 Å². The zero-order valence-electron chi connectivity index (χ0n) is 4.46. The molecule has 1 aliphatic rings. The molecule has 3 nitrogen and oxygen atoms in total. The van der Waals surface area contributed by atoms with E-state index in [-0.39, 0.29) is 6.10 Å². The van der Waals surface area contributed by atoms with Gasteiger partial charge in [0.25, 0.3) is 0 Å². The lowest BCUT2D eigenvalue weighted by Crippen LogP contribution is -2.26. The van der Waals surface area contributed by atoms with Gasteiger partial charge in [0.2, 0.25) is 0 Å². The van der Waals surface area contributed by atoms with Crippen molar-refractivity contribution in [3.63, 3.8) is 0 Å². The van der Waals surface area contributed by atoms with Crippen LogP contribution >= 0.6 is 0 Å². The van der Waals surface area contributed by atoms with Crippen molar-refractivity contribution >= 4 is 0 Å². The van der Waals surface area contributed by atoms with Gasteiger partial charge >= 0.3 is 0 Å². The van der Waals surface area contributed by atoms with Gasteiger partial charge < -0.3 is 9.47 Å². The summed E-state index contributed by atoms with van der Waals surface area (Å²) in [5.74, 6) is 0. The van der Waals surface area contributed by atoms with Crippen LogP contribution in [-0.4, -0.2) is 25.9 Å². The van der Waals surface area contributed by atoms with E-state index in [2.05, 4.69) is 0 Å². The lowest BCUT2D eigenvalue weighted by Gasteiger charge is -2.15. The van der Waals surface area contributed by atoms with Gasteiger partial charge in [-0.1, -0.05) is 0 Å². The van der Waals surface area contributed by atoms with Gasteiger partial charge in [-0.3, -0.25) is 0 Å². The van der Waals surface area contributed by atoms with Gasteiger partial charge in [0.05, 0.1) is 25.9 Å². The molecule has 1 atom stereocenters. The number of hydrogen-bond donors (Lipinski definition) is 0. The minimum Gasteiger partial charge on any atom is -0.375 e. The second-order valence-corrected chi connectivity index (χ2v) is 1.56. The highest BCUT2D eigenvalue weighted by atomic mass is 16.6. The molecule has 0 bridgehead atoms. The topological polar surface area (TPSA) is 42.2 Å². The molecule has 1 aliphatic heterocycles. The Morgan fingerprint density at radius 2 is 2.38 bits per heavy atom. The van der Waals surface area contributed by atoms with Crippen molar-refractivity contribution in [3.8, 4) is 6.07 Å². The predicted octanol–water partition coefficient (Wildman–Crippen LogP) is -0.0746. The van der Waals surface area contributed by atoms with E-state index in [1.54, 1.807) is 0 Å². The zero-order chi connectivity index (χ0) is 5.82. The molecule has 0 saturated carbocycles. The van der Waals surface area contributed by atoms with Crippen LogP contribution in [0.4, 0.5) is 0 Å². The van der Waals surface area contributed by atoms with Crippen molar-refractivity contribution in [2.24, 2.45) is 0 Å². The first-order valence-corrected chi connectivity index (χ1v) is 2.52. The van der Waals surface area contributed by atoms with E-state index in [0.29, 0.717) is 19.8 Å². The van der Waals surface area contributed by atoms with Gasteiger partial charge in [0.15, 0.2) is 6.10 Å². The Morgan fingerprint density at radius 1 is 1.50 bits per heavy atom.